The van der Waals surface area contributed by atoms with Crippen LogP contribution in [0.4, 0.5) is 0 Å². The van der Waals surface area contributed by atoms with Crippen molar-refractivity contribution >= 4 is 11.8 Å². The minimum atomic E-state index is -0.557. The summed E-state index contributed by atoms with van der Waals surface area (Å²) in [4.78, 5) is 26.0. The Morgan fingerprint density at radius 1 is 0.784 bits per heavy atom. The van der Waals surface area contributed by atoms with E-state index in [1.165, 1.54) is 0 Å². The lowest BCUT2D eigenvalue weighted by Crippen LogP contribution is -2.48. The fraction of sp³-hybridized carbons (Fsp3) is 0.500. The number of hydrogen-bond donors (Lipinski definition) is 4. The van der Waals surface area contributed by atoms with Gasteiger partial charge in [0.25, 0.3) is 0 Å². The standard InChI is InChI=1S/C40H51N3O8/c44-28-29-13-15-31(16-14-29)36-25-35(27-43-19-17-40(18-20-43)48-21-22-49-40)50-39(51-36)34-10-6-9-33(24-34)32-8-5-7-30(23-32)26-41-37(45)11-3-1-2-4-12-38(46)42-47/h5-10,13-16,23-24,35-36,39,44,47H,1-4,11-12,17-22,25-28H2,(H,41,45)(H,42,46)/t35-,36+,39+/m0/s1. The van der Waals surface area contributed by atoms with E-state index >= 15 is 0 Å². The second-order valence-electron chi connectivity index (χ2n) is 13.8. The molecule has 11 nitrogen and oxygen atoms in total. The van der Waals surface area contributed by atoms with E-state index in [0.717, 1.165) is 91.5 Å². The summed E-state index contributed by atoms with van der Waals surface area (Å²) in [6.45, 7) is 4.34. The Morgan fingerprint density at radius 2 is 1.47 bits per heavy atom. The van der Waals surface area contributed by atoms with Crippen LogP contribution in [0.25, 0.3) is 11.1 Å². The largest absolute Gasteiger partial charge is 0.392 e. The van der Waals surface area contributed by atoms with Crippen molar-refractivity contribution in [1.29, 1.82) is 0 Å². The lowest BCUT2D eigenvalue weighted by molar-refractivity contribution is -0.255. The molecule has 3 fully saturated rings. The zero-order valence-corrected chi connectivity index (χ0v) is 29.3. The molecule has 274 valence electrons. The first-order chi connectivity index (χ1) is 24.9. The highest BCUT2D eigenvalue weighted by Crippen LogP contribution is 2.40. The van der Waals surface area contributed by atoms with Crippen LogP contribution in [0.5, 0.6) is 0 Å². The van der Waals surface area contributed by atoms with Gasteiger partial charge in [-0.05, 0) is 52.8 Å². The molecule has 3 atom stereocenters. The molecule has 0 saturated carbocycles. The molecule has 51 heavy (non-hydrogen) atoms. The van der Waals surface area contributed by atoms with E-state index in [9.17, 15) is 14.7 Å². The number of carbonyl (C=O) groups excluding carboxylic acids is 2. The molecule has 3 saturated heterocycles. The van der Waals surface area contributed by atoms with Crippen LogP contribution in [0.3, 0.4) is 0 Å². The van der Waals surface area contributed by atoms with Gasteiger partial charge in [0.2, 0.25) is 11.8 Å². The van der Waals surface area contributed by atoms with Crippen molar-refractivity contribution in [3.05, 3.63) is 95.1 Å². The molecule has 2 amide bonds. The Kier molecular flexibility index (Phi) is 13.2. The molecule has 0 aliphatic carbocycles. The number of benzene rings is 3. The molecule has 3 aromatic carbocycles. The molecule has 3 heterocycles. The third-order valence-corrected chi connectivity index (χ3v) is 10.1. The van der Waals surface area contributed by atoms with Gasteiger partial charge in [0.1, 0.15) is 0 Å². The topological polar surface area (TPSA) is 139 Å². The summed E-state index contributed by atoms with van der Waals surface area (Å²) in [6.07, 6.45) is 5.51. The Bertz CT molecular complexity index is 1570. The van der Waals surface area contributed by atoms with E-state index < -0.39 is 12.1 Å². The number of nitrogens with zero attached hydrogens (tertiary/aromatic N) is 1. The van der Waals surface area contributed by atoms with Gasteiger partial charge in [0.15, 0.2) is 12.1 Å². The first kappa shape index (κ1) is 37.1. The van der Waals surface area contributed by atoms with Gasteiger partial charge < -0.3 is 34.3 Å². The minimum absolute atomic E-state index is 0.000915. The van der Waals surface area contributed by atoms with E-state index in [1.807, 2.05) is 48.5 Å². The first-order valence-corrected chi connectivity index (χ1v) is 18.3. The number of likely N-dealkylation sites (tertiary alicyclic amines) is 1. The molecule has 4 N–H and O–H groups in total. The summed E-state index contributed by atoms with van der Waals surface area (Å²) in [5.41, 5.74) is 7.59. The molecule has 3 aromatic rings. The average Bonchev–Trinajstić information content (AvgIpc) is 3.64. The van der Waals surface area contributed by atoms with Gasteiger partial charge in [-0.1, -0.05) is 73.5 Å². The van der Waals surface area contributed by atoms with E-state index in [0.29, 0.717) is 32.6 Å². The van der Waals surface area contributed by atoms with Gasteiger partial charge >= 0.3 is 0 Å². The van der Waals surface area contributed by atoms with Crippen molar-refractivity contribution < 1.29 is 38.9 Å². The normalized spacial score (nSPS) is 21.8. The van der Waals surface area contributed by atoms with Gasteiger partial charge in [-0.2, -0.15) is 0 Å². The molecule has 0 unspecified atom stereocenters. The maximum absolute atomic E-state index is 12.5. The van der Waals surface area contributed by atoms with Crippen LogP contribution in [0.1, 0.15) is 92.4 Å². The summed E-state index contributed by atoms with van der Waals surface area (Å²) >= 11 is 0. The fourth-order valence-corrected chi connectivity index (χ4v) is 7.18. The summed E-state index contributed by atoms with van der Waals surface area (Å²) < 4.78 is 25.3. The summed E-state index contributed by atoms with van der Waals surface area (Å²) in [5.74, 6) is -0.796. The van der Waals surface area contributed by atoms with E-state index in [-0.39, 0.29) is 37.0 Å². The van der Waals surface area contributed by atoms with Crippen LogP contribution in [0.2, 0.25) is 0 Å². The van der Waals surface area contributed by atoms with Crippen LogP contribution in [-0.4, -0.2) is 71.8 Å². The molecule has 0 aromatic heterocycles. The van der Waals surface area contributed by atoms with E-state index in [4.69, 9.17) is 24.2 Å². The van der Waals surface area contributed by atoms with Crippen molar-refractivity contribution in [2.24, 2.45) is 0 Å². The molecule has 6 rings (SSSR count). The summed E-state index contributed by atoms with van der Waals surface area (Å²) in [7, 11) is 0. The van der Waals surface area contributed by atoms with Gasteiger partial charge in [0, 0.05) is 63.8 Å². The van der Waals surface area contributed by atoms with Crippen LogP contribution in [-0.2, 0) is 41.7 Å². The Labute approximate surface area is 300 Å². The number of ether oxygens (including phenoxy) is 4. The van der Waals surface area contributed by atoms with E-state index in [2.05, 4.69) is 34.5 Å². The molecule has 3 aliphatic rings. The Balaban J connectivity index is 1.08. The van der Waals surface area contributed by atoms with Gasteiger partial charge in [0.05, 0.1) is 32.0 Å². The predicted molar refractivity (Wildman–Crippen MR) is 190 cm³/mol. The molecular weight excluding hydrogens is 650 g/mol. The Morgan fingerprint density at radius 3 is 2.18 bits per heavy atom. The van der Waals surface area contributed by atoms with Crippen molar-refractivity contribution in [3.63, 3.8) is 0 Å². The number of unbranched alkanes of at least 4 members (excludes halogenated alkanes) is 3. The second kappa shape index (κ2) is 18.2. The third-order valence-electron chi connectivity index (χ3n) is 10.1. The van der Waals surface area contributed by atoms with Crippen molar-refractivity contribution in [1.82, 2.24) is 15.7 Å². The van der Waals surface area contributed by atoms with Gasteiger partial charge in [-0.3, -0.25) is 14.8 Å². The summed E-state index contributed by atoms with van der Waals surface area (Å²) in [6, 6.07) is 24.4. The monoisotopic (exact) mass is 701 g/mol. The smallest absolute Gasteiger partial charge is 0.243 e. The highest BCUT2D eigenvalue weighted by molar-refractivity contribution is 5.76. The van der Waals surface area contributed by atoms with Crippen LogP contribution >= 0.6 is 0 Å². The summed E-state index contributed by atoms with van der Waals surface area (Å²) in [5, 5.41) is 21.2. The number of hydroxylamine groups is 1. The number of nitrogens with one attached hydrogen (secondary N) is 2. The third kappa shape index (κ3) is 10.4. The predicted octanol–water partition coefficient (Wildman–Crippen LogP) is 5.69. The van der Waals surface area contributed by atoms with Gasteiger partial charge in [-0.25, -0.2) is 5.48 Å². The molecule has 0 radical (unpaired) electrons. The maximum atomic E-state index is 12.5. The first-order valence-electron chi connectivity index (χ1n) is 18.3. The number of amides is 2. The highest BCUT2D eigenvalue weighted by Gasteiger charge is 2.41. The van der Waals surface area contributed by atoms with Crippen molar-refractivity contribution in [2.75, 3.05) is 32.8 Å². The molecule has 1 spiro atoms. The van der Waals surface area contributed by atoms with Crippen LogP contribution in [0.15, 0.2) is 72.8 Å². The number of hydrogen-bond acceptors (Lipinski definition) is 9. The van der Waals surface area contributed by atoms with Gasteiger partial charge in [-0.15, -0.1) is 0 Å². The van der Waals surface area contributed by atoms with Crippen molar-refractivity contribution in [2.45, 2.75) is 95.2 Å². The average molecular weight is 702 g/mol. The lowest BCUT2D eigenvalue weighted by atomic mass is 9.97. The lowest BCUT2D eigenvalue weighted by Gasteiger charge is -2.41. The molecule has 11 heteroatoms. The van der Waals surface area contributed by atoms with Crippen LogP contribution < -0.4 is 10.8 Å². The zero-order valence-electron chi connectivity index (χ0n) is 29.3. The Hall–Kier alpha value is -3.68. The van der Waals surface area contributed by atoms with Crippen LogP contribution in [0, 0.1) is 0 Å². The quantitative estimate of drug-likeness (QED) is 0.0894. The molecule has 3 aliphatic heterocycles. The minimum Gasteiger partial charge on any atom is -0.392 e. The van der Waals surface area contributed by atoms with E-state index in [1.54, 1.807) is 5.48 Å². The zero-order chi connectivity index (χ0) is 35.5. The number of aliphatic hydroxyl groups is 1. The fourth-order valence-electron chi connectivity index (χ4n) is 7.18. The maximum Gasteiger partial charge on any atom is 0.243 e. The number of piperidine rings is 1. The second-order valence-corrected chi connectivity index (χ2v) is 13.8. The number of carbonyl (C=O) groups is 2. The molecule has 0 bridgehead atoms. The molecular formula is C40H51N3O8. The number of aliphatic hydroxyl groups excluding tert-OH is 1. The van der Waals surface area contributed by atoms with Crippen molar-refractivity contribution in [3.8, 4) is 11.1 Å². The highest BCUT2D eigenvalue weighted by atomic mass is 16.7. The number of rotatable bonds is 15. The SMILES string of the molecule is O=C(CCCCCCC(=O)NCc1cccc(-c2cccc([C@@H]3O[C@H](CN4CCC5(CC4)OCCO5)C[C@H](c4ccc(CO)cc4)O3)c2)c1)NO.